The van der Waals surface area contributed by atoms with Crippen LogP contribution in [0, 0.1) is 0 Å². The Hall–Kier alpha value is -0.570. The molecule has 2 N–H and O–H groups in total. The lowest BCUT2D eigenvalue weighted by Crippen LogP contribution is -2.70. The van der Waals surface area contributed by atoms with E-state index in [1.54, 1.807) is 0 Å². The fraction of sp³-hybridized carbons (Fsp3) is 0.889. The molecule has 0 radical (unpaired) electrons. The standard InChI is InChI=1S/C9H16N2O/c1-2-9(4-3-5-9)11-6-7(10)8(11)12/h7H,2-6,10H2,1H3. The zero-order valence-corrected chi connectivity index (χ0v) is 7.55. The molecule has 0 aromatic rings. The number of likely N-dealkylation sites (tertiary alicyclic amines) is 1. The zero-order chi connectivity index (χ0) is 8.77. The van der Waals surface area contributed by atoms with Crippen molar-refractivity contribution in [3.63, 3.8) is 0 Å². The third kappa shape index (κ3) is 0.829. The summed E-state index contributed by atoms with van der Waals surface area (Å²) in [6, 6.07) is -0.200. The Kier molecular flexibility index (Phi) is 1.65. The molecule has 3 nitrogen and oxygen atoms in total. The second-order valence-electron chi connectivity index (χ2n) is 3.99. The molecule has 0 aromatic carbocycles. The molecular formula is C9H16N2O. The lowest BCUT2D eigenvalue weighted by Gasteiger charge is -2.55. The molecule has 1 atom stereocenters. The quantitative estimate of drug-likeness (QED) is 0.610. The molecule has 68 valence electrons. The highest BCUT2D eigenvalue weighted by Crippen LogP contribution is 2.42. The Morgan fingerprint density at radius 2 is 2.33 bits per heavy atom. The maximum Gasteiger partial charge on any atom is 0.241 e. The molecule has 1 aliphatic carbocycles. The van der Waals surface area contributed by atoms with Gasteiger partial charge < -0.3 is 10.6 Å². The number of carbonyl (C=O) groups is 1. The fourth-order valence-electron chi connectivity index (χ4n) is 2.28. The van der Waals surface area contributed by atoms with Crippen LogP contribution < -0.4 is 5.73 Å². The van der Waals surface area contributed by atoms with Crippen LogP contribution in [0.2, 0.25) is 0 Å². The minimum absolute atomic E-state index is 0.163. The van der Waals surface area contributed by atoms with Gasteiger partial charge in [-0.05, 0) is 25.7 Å². The predicted octanol–water partition coefficient (Wildman–Crippen LogP) is 0.489. The number of carbonyl (C=O) groups excluding carboxylic acids is 1. The number of hydrogen-bond acceptors (Lipinski definition) is 2. The summed E-state index contributed by atoms with van der Waals surface area (Å²) in [5.74, 6) is 0.163. The molecule has 1 unspecified atom stereocenters. The van der Waals surface area contributed by atoms with Crippen LogP contribution in [0.15, 0.2) is 0 Å². The summed E-state index contributed by atoms with van der Waals surface area (Å²) >= 11 is 0. The average molecular weight is 168 g/mol. The number of hydrogen-bond donors (Lipinski definition) is 1. The van der Waals surface area contributed by atoms with Crippen LogP contribution in [0.25, 0.3) is 0 Å². The van der Waals surface area contributed by atoms with Crippen LogP contribution in [0.1, 0.15) is 32.6 Å². The molecular weight excluding hydrogens is 152 g/mol. The summed E-state index contributed by atoms with van der Waals surface area (Å²) in [5.41, 5.74) is 5.77. The van der Waals surface area contributed by atoms with Gasteiger partial charge in [-0.2, -0.15) is 0 Å². The molecule has 3 heteroatoms. The van der Waals surface area contributed by atoms with Crippen molar-refractivity contribution in [2.45, 2.75) is 44.2 Å². The minimum atomic E-state index is -0.200. The second kappa shape index (κ2) is 2.46. The summed E-state index contributed by atoms with van der Waals surface area (Å²) in [4.78, 5) is 13.3. The first-order valence-electron chi connectivity index (χ1n) is 4.77. The number of rotatable bonds is 2. The third-order valence-corrected chi connectivity index (χ3v) is 3.48. The van der Waals surface area contributed by atoms with E-state index in [0.29, 0.717) is 0 Å². The van der Waals surface area contributed by atoms with Crippen molar-refractivity contribution in [1.29, 1.82) is 0 Å². The Labute approximate surface area is 72.9 Å². The van der Waals surface area contributed by atoms with Gasteiger partial charge in [0.2, 0.25) is 5.91 Å². The van der Waals surface area contributed by atoms with Gasteiger partial charge in [0, 0.05) is 12.1 Å². The average Bonchev–Trinajstić information content (AvgIpc) is 2.02. The first kappa shape index (κ1) is 8.05. The molecule has 1 aliphatic heterocycles. The molecule has 2 fully saturated rings. The van der Waals surface area contributed by atoms with E-state index < -0.39 is 0 Å². The summed E-state index contributed by atoms with van der Waals surface area (Å²) in [7, 11) is 0. The van der Waals surface area contributed by atoms with Crippen LogP contribution >= 0.6 is 0 Å². The largest absolute Gasteiger partial charge is 0.334 e. The normalized spacial score (nSPS) is 32.7. The highest BCUT2D eigenvalue weighted by Gasteiger charge is 2.49. The topological polar surface area (TPSA) is 46.3 Å². The van der Waals surface area contributed by atoms with E-state index in [-0.39, 0.29) is 17.5 Å². The van der Waals surface area contributed by atoms with Gasteiger partial charge in [-0.1, -0.05) is 6.92 Å². The first-order valence-corrected chi connectivity index (χ1v) is 4.77. The Bertz CT molecular complexity index is 205. The zero-order valence-electron chi connectivity index (χ0n) is 7.55. The predicted molar refractivity (Wildman–Crippen MR) is 46.6 cm³/mol. The summed E-state index contributed by atoms with van der Waals surface area (Å²) in [6.07, 6.45) is 4.72. The highest BCUT2D eigenvalue weighted by molar-refractivity contribution is 5.88. The maximum absolute atomic E-state index is 11.4. The van der Waals surface area contributed by atoms with E-state index in [1.807, 2.05) is 4.90 Å². The molecule has 2 aliphatic rings. The summed E-state index contributed by atoms with van der Waals surface area (Å²) < 4.78 is 0. The SMILES string of the molecule is CCC1(N2CC(N)C2=O)CCC1. The van der Waals surface area contributed by atoms with E-state index >= 15 is 0 Å². The van der Waals surface area contributed by atoms with Crippen molar-refractivity contribution >= 4 is 5.91 Å². The summed E-state index contributed by atoms with van der Waals surface area (Å²) in [6.45, 7) is 2.95. The van der Waals surface area contributed by atoms with Crippen LogP contribution in [0.3, 0.4) is 0 Å². The smallest absolute Gasteiger partial charge is 0.241 e. The molecule has 1 saturated carbocycles. The number of nitrogens with zero attached hydrogens (tertiary/aromatic N) is 1. The van der Waals surface area contributed by atoms with E-state index in [9.17, 15) is 4.79 Å². The Balaban J connectivity index is 2.04. The molecule has 0 bridgehead atoms. The van der Waals surface area contributed by atoms with Gasteiger partial charge in [-0.15, -0.1) is 0 Å². The number of β-lactam (4-membered cyclic amide) rings is 1. The molecule has 0 spiro atoms. The molecule has 1 heterocycles. The fourth-order valence-corrected chi connectivity index (χ4v) is 2.28. The van der Waals surface area contributed by atoms with Gasteiger partial charge in [0.15, 0.2) is 0 Å². The van der Waals surface area contributed by atoms with Crippen molar-refractivity contribution in [2.75, 3.05) is 6.54 Å². The van der Waals surface area contributed by atoms with Gasteiger partial charge in [-0.3, -0.25) is 4.79 Å². The van der Waals surface area contributed by atoms with Gasteiger partial charge in [0.05, 0.1) is 0 Å². The van der Waals surface area contributed by atoms with Crippen molar-refractivity contribution in [3.05, 3.63) is 0 Å². The summed E-state index contributed by atoms with van der Waals surface area (Å²) in [5, 5.41) is 0. The maximum atomic E-state index is 11.4. The number of nitrogens with two attached hydrogens (primary N) is 1. The molecule has 1 amide bonds. The van der Waals surface area contributed by atoms with Crippen LogP contribution in [-0.2, 0) is 4.79 Å². The van der Waals surface area contributed by atoms with E-state index in [2.05, 4.69) is 6.92 Å². The van der Waals surface area contributed by atoms with Crippen molar-refractivity contribution in [3.8, 4) is 0 Å². The lowest BCUT2D eigenvalue weighted by molar-refractivity contribution is -0.157. The highest BCUT2D eigenvalue weighted by atomic mass is 16.2. The monoisotopic (exact) mass is 168 g/mol. The molecule has 1 saturated heterocycles. The lowest BCUT2D eigenvalue weighted by atomic mass is 9.71. The van der Waals surface area contributed by atoms with Crippen molar-refractivity contribution in [1.82, 2.24) is 4.90 Å². The van der Waals surface area contributed by atoms with E-state index in [4.69, 9.17) is 5.73 Å². The van der Waals surface area contributed by atoms with E-state index in [1.165, 1.54) is 19.3 Å². The van der Waals surface area contributed by atoms with Gasteiger partial charge in [-0.25, -0.2) is 0 Å². The first-order chi connectivity index (χ1) is 5.69. The minimum Gasteiger partial charge on any atom is -0.334 e. The van der Waals surface area contributed by atoms with Crippen molar-refractivity contribution in [2.24, 2.45) is 5.73 Å². The Morgan fingerprint density at radius 3 is 2.58 bits per heavy atom. The Morgan fingerprint density at radius 1 is 1.67 bits per heavy atom. The molecule has 0 aromatic heterocycles. The van der Waals surface area contributed by atoms with Gasteiger partial charge >= 0.3 is 0 Å². The second-order valence-corrected chi connectivity index (χ2v) is 3.99. The van der Waals surface area contributed by atoms with Crippen molar-refractivity contribution < 1.29 is 4.79 Å². The van der Waals surface area contributed by atoms with Crippen LogP contribution in [0.5, 0.6) is 0 Å². The third-order valence-electron chi connectivity index (χ3n) is 3.48. The molecule has 12 heavy (non-hydrogen) atoms. The van der Waals surface area contributed by atoms with Crippen LogP contribution in [-0.4, -0.2) is 28.9 Å². The van der Waals surface area contributed by atoms with Crippen LogP contribution in [0.4, 0.5) is 0 Å². The number of amides is 1. The van der Waals surface area contributed by atoms with Gasteiger partial charge in [0.25, 0.3) is 0 Å². The van der Waals surface area contributed by atoms with Gasteiger partial charge in [0.1, 0.15) is 6.04 Å². The molecule has 2 rings (SSSR count). The van der Waals surface area contributed by atoms with E-state index in [0.717, 1.165) is 13.0 Å².